The van der Waals surface area contributed by atoms with Crippen molar-refractivity contribution in [1.29, 1.82) is 0 Å². The third kappa shape index (κ3) is 3.34. The van der Waals surface area contributed by atoms with Crippen LogP contribution in [-0.2, 0) is 13.0 Å². The standard InChI is InChI=1S/C16H24N6O2/c1-3-13-18-19-14(23-13)10-21-6-8-22(9-7-21)11(2)16-17-15(20-24-16)12-4-5-12/h11-12H,3-10H2,1-2H3/t11-/m0/s1. The second kappa shape index (κ2) is 6.60. The molecule has 0 N–H and O–H groups in total. The monoisotopic (exact) mass is 332 g/mol. The molecule has 24 heavy (non-hydrogen) atoms. The fourth-order valence-corrected chi connectivity index (χ4v) is 3.08. The van der Waals surface area contributed by atoms with Gasteiger partial charge in [-0.1, -0.05) is 12.1 Å². The van der Waals surface area contributed by atoms with Crippen LogP contribution in [0.15, 0.2) is 8.94 Å². The summed E-state index contributed by atoms with van der Waals surface area (Å²) in [5, 5.41) is 12.3. The van der Waals surface area contributed by atoms with E-state index in [0.29, 0.717) is 17.7 Å². The van der Waals surface area contributed by atoms with Gasteiger partial charge in [0.25, 0.3) is 0 Å². The second-order valence-corrected chi connectivity index (χ2v) is 6.70. The average Bonchev–Trinajstić information content (AvgIpc) is 3.17. The van der Waals surface area contributed by atoms with Gasteiger partial charge >= 0.3 is 0 Å². The summed E-state index contributed by atoms with van der Waals surface area (Å²) in [4.78, 5) is 9.32. The maximum atomic E-state index is 5.60. The van der Waals surface area contributed by atoms with E-state index in [0.717, 1.165) is 50.9 Å². The molecule has 0 spiro atoms. The lowest BCUT2D eigenvalue weighted by Gasteiger charge is -2.36. The van der Waals surface area contributed by atoms with E-state index in [9.17, 15) is 0 Å². The van der Waals surface area contributed by atoms with E-state index in [1.165, 1.54) is 12.8 Å². The third-order valence-electron chi connectivity index (χ3n) is 4.88. The molecule has 8 heteroatoms. The minimum Gasteiger partial charge on any atom is -0.424 e. The molecule has 0 bridgehead atoms. The lowest BCUT2D eigenvalue weighted by atomic mass is 10.2. The van der Waals surface area contributed by atoms with Gasteiger partial charge in [-0.25, -0.2) is 0 Å². The molecule has 4 rings (SSSR count). The van der Waals surface area contributed by atoms with Crippen molar-refractivity contribution in [2.75, 3.05) is 26.2 Å². The van der Waals surface area contributed by atoms with Gasteiger partial charge in [0.05, 0.1) is 12.6 Å². The van der Waals surface area contributed by atoms with Gasteiger partial charge < -0.3 is 8.94 Å². The summed E-state index contributed by atoms with van der Waals surface area (Å²) < 4.78 is 11.1. The number of aryl methyl sites for hydroxylation is 1. The molecule has 8 nitrogen and oxygen atoms in total. The maximum absolute atomic E-state index is 5.60. The minimum absolute atomic E-state index is 0.169. The van der Waals surface area contributed by atoms with E-state index in [4.69, 9.17) is 8.94 Å². The van der Waals surface area contributed by atoms with Gasteiger partial charge in [-0.3, -0.25) is 9.80 Å². The Kier molecular flexibility index (Phi) is 4.32. The highest BCUT2D eigenvalue weighted by atomic mass is 16.5. The molecule has 0 aromatic carbocycles. The molecule has 0 amide bonds. The first kappa shape index (κ1) is 15.7. The molecule has 2 fully saturated rings. The maximum Gasteiger partial charge on any atom is 0.243 e. The number of hydrogen-bond donors (Lipinski definition) is 0. The van der Waals surface area contributed by atoms with Crippen LogP contribution < -0.4 is 0 Å². The highest BCUT2D eigenvalue weighted by Gasteiger charge is 2.31. The van der Waals surface area contributed by atoms with Crippen LogP contribution in [0, 0.1) is 0 Å². The number of aromatic nitrogens is 4. The quantitative estimate of drug-likeness (QED) is 0.791. The van der Waals surface area contributed by atoms with Crippen molar-refractivity contribution < 1.29 is 8.94 Å². The zero-order valence-electron chi connectivity index (χ0n) is 14.3. The summed E-state index contributed by atoms with van der Waals surface area (Å²) in [5.74, 6) is 3.59. The van der Waals surface area contributed by atoms with Gasteiger partial charge in [-0.2, -0.15) is 4.98 Å². The largest absolute Gasteiger partial charge is 0.424 e. The van der Waals surface area contributed by atoms with Crippen molar-refractivity contribution in [3.63, 3.8) is 0 Å². The number of rotatable bonds is 6. The number of hydrogen-bond acceptors (Lipinski definition) is 8. The third-order valence-corrected chi connectivity index (χ3v) is 4.88. The van der Waals surface area contributed by atoms with Crippen LogP contribution >= 0.6 is 0 Å². The highest BCUT2D eigenvalue weighted by Crippen LogP contribution is 2.38. The predicted octanol–water partition coefficient (Wildman–Crippen LogP) is 1.77. The predicted molar refractivity (Wildman–Crippen MR) is 85.2 cm³/mol. The van der Waals surface area contributed by atoms with E-state index in [2.05, 4.69) is 37.1 Å². The van der Waals surface area contributed by atoms with Gasteiger partial charge in [0.2, 0.25) is 17.7 Å². The number of piperazine rings is 1. The Morgan fingerprint density at radius 1 is 1.12 bits per heavy atom. The summed E-state index contributed by atoms with van der Waals surface area (Å²) >= 11 is 0. The van der Waals surface area contributed by atoms with Crippen molar-refractivity contribution in [3.8, 4) is 0 Å². The molecule has 0 unspecified atom stereocenters. The fourth-order valence-electron chi connectivity index (χ4n) is 3.08. The Balaban J connectivity index is 1.29. The smallest absolute Gasteiger partial charge is 0.243 e. The zero-order chi connectivity index (χ0) is 16.5. The lowest BCUT2D eigenvalue weighted by Crippen LogP contribution is -2.46. The normalized spacial score (nSPS) is 21.2. The summed E-state index contributed by atoms with van der Waals surface area (Å²) in [6, 6.07) is 0.169. The second-order valence-electron chi connectivity index (χ2n) is 6.70. The van der Waals surface area contributed by atoms with E-state index >= 15 is 0 Å². The van der Waals surface area contributed by atoms with Gasteiger partial charge in [0.15, 0.2) is 5.82 Å². The summed E-state index contributed by atoms with van der Waals surface area (Å²) in [6.45, 7) is 8.76. The van der Waals surface area contributed by atoms with E-state index in [1.807, 2.05) is 6.92 Å². The first-order chi connectivity index (χ1) is 11.7. The SMILES string of the molecule is CCc1nnc(CN2CCN([C@@H](C)c3nc(C4CC4)no3)CC2)o1. The topological polar surface area (TPSA) is 84.3 Å². The molecule has 2 aromatic heterocycles. The molecule has 130 valence electrons. The van der Waals surface area contributed by atoms with Crippen LogP contribution in [0.3, 0.4) is 0 Å². The first-order valence-corrected chi connectivity index (χ1v) is 8.84. The van der Waals surface area contributed by atoms with Crippen LogP contribution in [0.25, 0.3) is 0 Å². The Morgan fingerprint density at radius 2 is 1.88 bits per heavy atom. The Labute approximate surface area is 141 Å². The van der Waals surface area contributed by atoms with Crippen molar-refractivity contribution in [1.82, 2.24) is 30.1 Å². The van der Waals surface area contributed by atoms with E-state index < -0.39 is 0 Å². The Hall–Kier alpha value is -1.80. The number of nitrogens with zero attached hydrogens (tertiary/aromatic N) is 6. The molecule has 1 atom stereocenters. The zero-order valence-corrected chi connectivity index (χ0v) is 14.3. The van der Waals surface area contributed by atoms with E-state index in [1.54, 1.807) is 0 Å². The summed E-state index contributed by atoms with van der Waals surface area (Å²) in [5.41, 5.74) is 0. The van der Waals surface area contributed by atoms with E-state index in [-0.39, 0.29) is 6.04 Å². The molecule has 1 aliphatic carbocycles. The lowest BCUT2D eigenvalue weighted by molar-refractivity contribution is 0.0796. The van der Waals surface area contributed by atoms with Crippen molar-refractivity contribution >= 4 is 0 Å². The van der Waals surface area contributed by atoms with Crippen LogP contribution in [0.1, 0.15) is 62.1 Å². The highest BCUT2D eigenvalue weighted by molar-refractivity contribution is 5.05. The fraction of sp³-hybridized carbons (Fsp3) is 0.750. The minimum atomic E-state index is 0.169. The van der Waals surface area contributed by atoms with Crippen LogP contribution in [0.5, 0.6) is 0 Å². The van der Waals surface area contributed by atoms with Crippen molar-refractivity contribution in [3.05, 3.63) is 23.5 Å². The van der Waals surface area contributed by atoms with Crippen LogP contribution in [-0.4, -0.2) is 56.3 Å². The molecule has 0 radical (unpaired) electrons. The summed E-state index contributed by atoms with van der Waals surface area (Å²) in [6.07, 6.45) is 3.17. The average molecular weight is 332 g/mol. The Bertz CT molecular complexity index is 672. The molecule has 2 aromatic rings. The molecule has 1 saturated heterocycles. The van der Waals surface area contributed by atoms with Crippen LogP contribution in [0.2, 0.25) is 0 Å². The summed E-state index contributed by atoms with van der Waals surface area (Å²) in [7, 11) is 0. The molecular formula is C16H24N6O2. The van der Waals surface area contributed by atoms with Crippen LogP contribution in [0.4, 0.5) is 0 Å². The molecule has 1 aliphatic heterocycles. The van der Waals surface area contributed by atoms with Crippen molar-refractivity contribution in [2.45, 2.75) is 51.6 Å². The first-order valence-electron chi connectivity index (χ1n) is 8.84. The molecular weight excluding hydrogens is 308 g/mol. The molecule has 2 aliphatic rings. The van der Waals surface area contributed by atoms with Gasteiger partial charge in [-0.05, 0) is 19.8 Å². The van der Waals surface area contributed by atoms with Gasteiger partial charge in [0, 0.05) is 38.5 Å². The van der Waals surface area contributed by atoms with Gasteiger partial charge in [0.1, 0.15) is 0 Å². The Morgan fingerprint density at radius 3 is 2.54 bits per heavy atom. The van der Waals surface area contributed by atoms with Gasteiger partial charge in [-0.15, -0.1) is 10.2 Å². The molecule has 3 heterocycles. The molecule has 1 saturated carbocycles. The van der Waals surface area contributed by atoms with Crippen molar-refractivity contribution in [2.24, 2.45) is 0 Å².